The zero-order chi connectivity index (χ0) is 23.9. The molecular weight excluding hydrogens is 440 g/mol. The Balaban J connectivity index is 1.61. The molecule has 3 aromatic carbocycles. The molecule has 6 rings (SSSR count). The number of fused-ring (bicyclic) bond motifs is 5. The molecule has 3 aliphatic heterocycles. The molecule has 8 nitrogen and oxygen atoms in total. The highest BCUT2D eigenvalue weighted by Crippen LogP contribution is 2.43. The average molecular weight is 460 g/mol. The van der Waals surface area contributed by atoms with Crippen LogP contribution in [0.2, 0.25) is 0 Å². The molecule has 0 saturated heterocycles. The van der Waals surface area contributed by atoms with Gasteiger partial charge in [0.05, 0.1) is 12.2 Å². The minimum atomic E-state index is -1.93. The van der Waals surface area contributed by atoms with Crippen LogP contribution in [0.15, 0.2) is 72.5 Å². The van der Waals surface area contributed by atoms with Gasteiger partial charge in [0.25, 0.3) is 0 Å². The van der Waals surface area contributed by atoms with Gasteiger partial charge in [-0.15, -0.1) is 0 Å². The van der Waals surface area contributed by atoms with Crippen LogP contribution in [0.1, 0.15) is 16.7 Å². The summed E-state index contributed by atoms with van der Waals surface area (Å²) in [4.78, 5) is 26.0. The molecular formula is C26H20O8. The van der Waals surface area contributed by atoms with E-state index in [2.05, 4.69) is 0 Å². The van der Waals surface area contributed by atoms with Crippen molar-refractivity contribution in [1.29, 1.82) is 0 Å². The minimum Gasteiger partial charge on any atom is -0.508 e. The number of benzene rings is 3. The minimum absolute atomic E-state index is 0.0134. The first-order valence-corrected chi connectivity index (χ1v) is 10.6. The Morgan fingerprint density at radius 1 is 0.824 bits per heavy atom. The summed E-state index contributed by atoms with van der Waals surface area (Å²) in [5, 5.41) is 30.4. The van der Waals surface area contributed by atoms with Crippen molar-refractivity contribution in [2.24, 2.45) is 0 Å². The van der Waals surface area contributed by atoms with Crippen molar-refractivity contribution in [2.45, 2.75) is 18.4 Å². The van der Waals surface area contributed by atoms with Crippen LogP contribution in [0, 0.1) is 0 Å². The van der Waals surface area contributed by atoms with Crippen LogP contribution in [0.5, 0.6) is 23.0 Å². The topological polar surface area (TPSA) is 123 Å². The molecule has 0 amide bonds. The zero-order valence-corrected chi connectivity index (χ0v) is 17.9. The summed E-state index contributed by atoms with van der Waals surface area (Å²) in [7, 11) is 0. The van der Waals surface area contributed by atoms with E-state index in [1.54, 1.807) is 36.4 Å². The summed E-state index contributed by atoms with van der Waals surface area (Å²) in [6.07, 6.45) is 0.211. The molecule has 3 heterocycles. The molecule has 0 radical (unpaired) electrons. The molecule has 34 heavy (non-hydrogen) atoms. The van der Waals surface area contributed by atoms with Crippen molar-refractivity contribution in [3.8, 4) is 23.0 Å². The molecule has 1 atom stereocenters. The Labute approximate surface area is 194 Å². The van der Waals surface area contributed by atoms with Gasteiger partial charge >= 0.3 is 11.9 Å². The quantitative estimate of drug-likeness (QED) is 0.469. The molecule has 0 aliphatic carbocycles. The lowest BCUT2D eigenvalue weighted by Crippen LogP contribution is -2.44. The first-order chi connectivity index (χ1) is 16.4. The van der Waals surface area contributed by atoms with Gasteiger partial charge in [-0.1, -0.05) is 30.3 Å². The van der Waals surface area contributed by atoms with E-state index in [1.165, 1.54) is 30.3 Å². The summed E-state index contributed by atoms with van der Waals surface area (Å²) in [6.45, 7) is -0.0381. The molecule has 3 aromatic rings. The predicted octanol–water partition coefficient (Wildman–Crippen LogP) is 3.80. The highest BCUT2D eigenvalue weighted by atomic mass is 16.6. The third-order valence-electron chi connectivity index (χ3n) is 5.84. The van der Waals surface area contributed by atoms with Gasteiger partial charge in [-0.3, -0.25) is 0 Å². The monoisotopic (exact) mass is 460 g/mol. The molecule has 8 heteroatoms. The Kier molecular flexibility index (Phi) is 5.13. The lowest BCUT2D eigenvalue weighted by molar-refractivity contribution is -0.171. The van der Waals surface area contributed by atoms with E-state index < -0.39 is 23.3 Å². The van der Waals surface area contributed by atoms with Crippen molar-refractivity contribution in [2.75, 3.05) is 6.61 Å². The normalized spacial score (nSPS) is 20.0. The number of esters is 2. The maximum atomic E-state index is 13.5. The lowest BCUT2D eigenvalue weighted by atomic mass is 9.83. The number of phenols is 2. The maximum Gasteiger partial charge on any atom is 0.375 e. The van der Waals surface area contributed by atoms with E-state index in [-0.39, 0.29) is 35.8 Å². The van der Waals surface area contributed by atoms with Crippen LogP contribution < -0.4 is 4.74 Å². The maximum absolute atomic E-state index is 13.5. The number of ether oxygens (including phenoxy) is 3. The van der Waals surface area contributed by atoms with E-state index in [0.29, 0.717) is 23.3 Å². The summed E-state index contributed by atoms with van der Waals surface area (Å²) >= 11 is 0. The molecule has 1 spiro atoms. The van der Waals surface area contributed by atoms with E-state index in [4.69, 9.17) is 14.2 Å². The van der Waals surface area contributed by atoms with Crippen LogP contribution in [0.3, 0.4) is 0 Å². The molecule has 0 unspecified atom stereocenters. The summed E-state index contributed by atoms with van der Waals surface area (Å²) in [5.41, 5.74) is -0.253. The van der Waals surface area contributed by atoms with Crippen LogP contribution in [0.4, 0.5) is 0 Å². The molecule has 0 saturated carbocycles. The van der Waals surface area contributed by atoms with Gasteiger partial charge in [0.15, 0.2) is 11.5 Å². The van der Waals surface area contributed by atoms with Crippen molar-refractivity contribution in [3.63, 3.8) is 0 Å². The first kappa shape index (κ1) is 21.4. The van der Waals surface area contributed by atoms with Crippen molar-refractivity contribution < 1.29 is 39.1 Å². The second-order valence-electron chi connectivity index (χ2n) is 8.10. The smallest absolute Gasteiger partial charge is 0.375 e. The van der Waals surface area contributed by atoms with E-state index in [1.807, 2.05) is 0 Å². The second-order valence-corrected chi connectivity index (χ2v) is 8.10. The van der Waals surface area contributed by atoms with E-state index in [9.17, 15) is 24.9 Å². The van der Waals surface area contributed by atoms with Gasteiger partial charge in [0.2, 0.25) is 11.4 Å². The number of hydrogen-bond acceptors (Lipinski definition) is 8. The van der Waals surface area contributed by atoms with E-state index >= 15 is 0 Å². The highest BCUT2D eigenvalue weighted by Gasteiger charge is 2.56. The molecule has 0 fully saturated rings. The van der Waals surface area contributed by atoms with Crippen molar-refractivity contribution in [3.05, 3.63) is 89.2 Å². The Morgan fingerprint density at radius 3 is 2.26 bits per heavy atom. The number of aliphatic hydroxyl groups is 1. The zero-order valence-electron chi connectivity index (χ0n) is 17.9. The fourth-order valence-corrected chi connectivity index (χ4v) is 4.15. The number of carbonyl (C=O) groups is 2. The van der Waals surface area contributed by atoms with Crippen molar-refractivity contribution >= 4 is 17.5 Å². The average Bonchev–Trinajstić information content (AvgIpc) is 3.07. The SMILES string of the molecule is O=C1O[C@]2(Cc3ccc(cc3)Oc3cc(ccc3O)CCOC2=O)C(c2ccc(O)cc2)=C1O. The van der Waals surface area contributed by atoms with Crippen molar-refractivity contribution in [1.82, 2.24) is 0 Å². The van der Waals surface area contributed by atoms with Gasteiger partial charge < -0.3 is 29.5 Å². The molecule has 4 bridgehead atoms. The predicted molar refractivity (Wildman–Crippen MR) is 119 cm³/mol. The number of phenolic OH excluding ortho intramolecular Hbond substituents is 2. The number of aliphatic hydroxyl groups excluding tert-OH is 1. The van der Waals surface area contributed by atoms with Gasteiger partial charge in [0.1, 0.15) is 11.5 Å². The molecule has 3 aliphatic rings. The number of carbonyl (C=O) groups excluding carboxylic acids is 2. The third kappa shape index (κ3) is 3.69. The Morgan fingerprint density at radius 2 is 1.53 bits per heavy atom. The summed E-state index contributed by atoms with van der Waals surface area (Å²) in [5.74, 6) is -1.85. The van der Waals surface area contributed by atoms with Crippen LogP contribution in [0.25, 0.3) is 5.57 Å². The standard InChI is InChI=1S/C26H20O8/c27-18-6-4-17(5-7-18)22-23(29)24(30)34-26(22)14-16-1-8-19(9-2-16)33-21-13-15(3-10-20(21)28)11-12-32-25(26)31/h1-10,13,27-29H,11-12,14H2/t26-/m1/s1. The fraction of sp³-hybridized carbons (Fsp3) is 0.154. The number of hydrogen-bond donors (Lipinski definition) is 3. The molecule has 172 valence electrons. The molecule has 3 N–H and O–H groups in total. The van der Waals surface area contributed by atoms with Crippen LogP contribution in [-0.2, 0) is 31.9 Å². The van der Waals surface area contributed by atoms with Gasteiger partial charge in [0, 0.05) is 12.8 Å². The second kappa shape index (κ2) is 8.15. The highest BCUT2D eigenvalue weighted by molar-refractivity contribution is 6.11. The van der Waals surface area contributed by atoms with Crippen LogP contribution in [-0.4, -0.2) is 39.5 Å². The molecule has 0 aromatic heterocycles. The fourth-order valence-electron chi connectivity index (χ4n) is 4.15. The number of aromatic hydroxyl groups is 2. The first-order valence-electron chi connectivity index (χ1n) is 10.6. The largest absolute Gasteiger partial charge is 0.508 e. The lowest BCUT2D eigenvalue weighted by Gasteiger charge is -2.29. The Bertz CT molecular complexity index is 1310. The van der Waals surface area contributed by atoms with Gasteiger partial charge in [-0.2, -0.15) is 0 Å². The van der Waals surface area contributed by atoms with Gasteiger partial charge in [-0.25, -0.2) is 9.59 Å². The van der Waals surface area contributed by atoms with Gasteiger partial charge in [-0.05, 0) is 53.1 Å². The van der Waals surface area contributed by atoms with E-state index in [0.717, 1.165) is 5.56 Å². The van der Waals surface area contributed by atoms with Crippen LogP contribution >= 0.6 is 0 Å². The third-order valence-corrected chi connectivity index (χ3v) is 5.84. The summed E-state index contributed by atoms with van der Waals surface area (Å²) in [6, 6.07) is 17.3. The summed E-state index contributed by atoms with van der Waals surface area (Å²) < 4.78 is 16.9. The number of rotatable bonds is 1. The Hall–Kier alpha value is -4.46.